The number of likely N-dealkylation sites (N-methyl/N-ethyl adjacent to an activating group) is 1. The second-order valence-corrected chi connectivity index (χ2v) is 6.34. The van der Waals surface area contributed by atoms with Gasteiger partial charge in [0.05, 0.1) is 18.2 Å². The predicted octanol–water partition coefficient (Wildman–Crippen LogP) is 4.34. The second kappa shape index (κ2) is 6.22. The molecule has 2 aromatic rings. The first-order chi connectivity index (χ1) is 10.2. The molecule has 1 heterocycles. The van der Waals surface area contributed by atoms with Gasteiger partial charge in [-0.15, -0.1) is 0 Å². The molecule has 1 fully saturated rings. The topological polar surface area (TPSA) is 6.48 Å². The Kier molecular flexibility index (Phi) is 4.34. The molecule has 2 aromatic carbocycles. The van der Waals surface area contributed by atoms with Gasteiger partial charge in [0.25, 0.3) is 0 Å². The van der Waals surface area contributed by atoms with Crippen LogP contribution in [0.15, 0.2) is 60.7 Å². The zero-order valence-corrected chi connectivity index (χ0v) is 13.6. The van der Waals surface area contributed by atoms with Crippen molar-refractivity contribution in [1.29, 1.82) is 0 Å². The third-order valence-corrected chi connectivity index (χ3v) is 5.42. The summed E-state index contributed by atoms with van der Waals surface area (Å²) in [6.45, 7) is 2.29. The molecule has 1 aliphatic heterocycles. The van der Waals surface area contributed by atoms with Gasteiger partial charge in [0, 0.05) is 0 Å². The van der Waals surface area contributed by atoms with Gasteiger partial charge in [0.15, 0.2) is 0 Å². The number of benzene rings is 2. The monoisotopic (exact) mass is 298 g/mol. The van der Waals surface area contributed by atoms with Gasteiger partial charge in [-0.2, -0.15) is 0 Å². The van der Waals surface area contributed by atoms with E-state index < -0.39 is 0 Å². The molecule has 110 valence electrons. The van der Waals surface area contributed by atoms with Crippen LogP contribution in [0.25, 0.3) is 0 Å². The molecule has 1 aliphatic rings. The van der Waals surface area contributed by atoms with E-state index >= 15 is 0 Å². The molecule has 0 N–H and O–H groups in total. The van der Waals surface area contributed by atoms with Gasteiger partial charge in [-0.1, -0.05) is 72.6 Å². The van der Waals surface area contributed by atoms with Crippen LogP contribution < -0.4 is 0 Å². The minimum Gasteiger partial charge on any atom is -0.281 e. The highest BCUT2D eigenvalue weighted by Gasteiger charge is 2.44. The average Bonchev–Trinajstić information content (AvgIpc) is 2.80. The van der Waals surface area contributed by atoms with Crippen LogP contribution in [0.4, 0.5) is 0 Å². The molecule has 0 saturated carbocycles. The molecule has 21 heavy (non-hydrogen) atoms. The summed E-state index contributed by atoms with van der Waals surface area (Å²) < 4.78 is 2.51. The van der Waals surface area contributed by atoms with Crippen molar-refractivity contribution in [2.75, 3.05) is 13.3 Å². The Bertz CT molecular complexity index is 572. The Balaban J connectivity index is 2.07. The van der Waals surface area contributed by atoms with Crippen LogP contribution in [0.5, 0.6) is 0 Å². The molecule has 0 spiro atoms. The second-order valence-electron chi connectivity index (χ2n) is 5.55. The Morgan fingerprint density at radius 3 is 1.76 bits per heavy atom. The lowest BCUT2D eigenvalue weighted by Gasteiger charge is -2.27. The smallest absolute Gasteiger partial charge is 0.0703 e. The lowest BCUT2D eigenvalue weighted by Crippen LogP contribution is -2.30. The molecule has 0 radical (unpaired) electrons. The number of nitrogens with zero attached hydrogens (tertiary/aromatic N) is 2. The van der Waals surface area contributed by atoms with Crippen molar-refractivity contribution in [3.63, 3.8) is 0 Å². The molecule has 3 rings (SSSR count). The van der Waals surface area contributed by atoms with E-state index in [1.807, 2.05) is 11.9 Å². The summed E-state index contributed by atoms with van der Waals surface area (Å²) in [6.07, 6.45) is 2.59. The van der Waals surface area contributed by atoms with Gasteiger partial charge in [-0.05, 0) is 31.4 Å². The first kappa shape index (κ1) is 14.6. The van der Waals surface area contributed by atoms with Crippen molar-refractivity contribution >= 4 is 11.9 Å². The van der Waals surface area contributed by atoms with Crippen molar-refractivity contribution in [2.45, 2.75) is 25.2 Å². The van der Waals surface area contributed by atoms with E-state index in [-0.39, 0.29) is 0 Å². The number of hydrogen-bond acceptors (Lipinski definition) is 3. The third-order valence-electron chi connectivity index (χ3n) is 4.46. The molecular formula is C18H22N2S. The fourth-order valence-corrected chi connectivity index (χ4v) is 4.24. The van der Waals surface area contributed by atoms with Crippen LogP contribution >= 0.6 is 11.9 Å². The zero-order valence-electron chi connectivity index (χ0n) is 12.8. The van der Waals surface area contributed by atoms with E-state index in [1.165, 1.54) is 11.1 Å². The molecule has 3 atom stereocenters. The van der Waals surface area contributed by atoms with Crippen LogP contribution in [0.1, 0.15) is 30.1 Å². The zero-order chi connectivity index (χ0) is 14.8. The molecule has 0 aliphatic carbocycles. The maximum atomic E-state index is 2.51. The summed E-state index contributed by atoms with van der Waals surface area (Å²) in [7, 11) is 2.23. The maximum Gasteiger partial charge on any atom is 0.0703 e. The molecule has 0 aromatic heterocycles. The lowest BCUT2D eigenvalue weighted by atomic mass is 9.94. The lowest BCUT2D eigenvalue weighted by molar-refractivity contribution is 0.225. The molecule has 0 bridgehead atoms. The van der Waals surface area contributed by atoms with E-state index in [1.54, 1.807) is 0 Å². The van der Waals surface area contributed by atoms with E-state index in [0.717, 1.165) is 0 Å². The predicted molar refractivity (Wildman–Crippen MR) is 90.9 cm³/mol. The molecular weight excluding hydrogens is 276 g/mol. The summed E-state index contributed by atoms with van der Waals surface area (Å²) >= 11 is 1.84. The molecule has 2 nitrogen and oxygen atoms in total. The fraction of sp³-hybridized carbons (Fsp3) is 0.333. The SMILES string of the molecule is CSN1C(c2ccccc2)C(c2ccccc2)N(C)C1C. The van der Waals surface area contributed by atoms with Crippen LogP contribution in [0.3, 0.4) is 0 Å². The largest absolute Gasteiger partial charge is 0.281 e. The van der Waals surface area contributed by atoms with E-state index in [2.05, 4.69) is 90.1 Å². The number of hydrogen-bond donors (Lipinski definition) is 0. The molecule has 0 amide bonds. The van der Waals surface area contributed by atoms with E-state index in [4.69, 9.17) is 0 Å². The summed E-state index contributed by atoms with van der Waals surface area (Å²) in [6, 6.07) is 22.5. The van der Waals surface area contributed by atoms with Gasteiger partial charge in [-0.3, -0.25) is 4.90 Å². The van der Waals surface area contributed by atoms with E-state index in [0.29, 0.717) is 18.2 Å². The summed E-state index contributed by atoms with van der Waals surface area (Å²) in [5.41, 5.74) is 2.77. The van der Waals surface area contributed by atoms with Crippen LogP contribution in [-0.4, -0.2) is 28.7 Å². The van der Waals surface area contributed by atoms with Crippen LogP contribution in [-0.2, 0) is 0 Å². The van der Waals surface area contributed by atoms with Crippen LogP contribution in [0.2, 0.25) is 0 Å². The Hall–Kier alpha value is -1.29. The first-order valence-electron chi connectivity index (χ1n) is 7.38. The summed E-state index contributed by atoms with van der Waals surface area (Å²) in [5.74, 6) is 0. The third kappa shape index (κ3) is 2.61. The van der Waals surface area contributed by atoms with Crippen molar-refractivity contribution in [2.24, 2.45) is 0 Å². The van der Waals surface area contributed by atoms with Crippen molar-refractivity contribution in [1.82, 2.24) is 9.21 Å². The van der Waals surface area contributed by atoms with Gasteiger partial charge >= 0.3 is 0 Å². The van der Waals surface area contributed by atoms with Gasteiger partial charge in [0.1, 0.15) is 0 Å². The molecule has 3 heteroatoms. The highest BCUT2D eigenvalue weighted by molar-refractivity contribution is 7.96. The minimum atomic E-state index is 0.378. The summed E-state index contributed by atoms with van der Waals surface area (Å²) in [4.78, 5) is 2.48. The van der Waals surface area contributed by atoms with Gasteiger partial charge < -0.3 is 0 Å². The van der Waals surface area contributed by atoms with Gasteiger partial charge in [0.2, 0.25) is 0 Å². The maximum absolute atomic E-state index is 2.51. The fourth-order valence-electron chi connectivity index (χ4n) is 3.32. The molecule has 3 unspecified atom stereocenters. The first-order valence-corrected chi connectivity index (χ1v) is 8.56. The highest BCUT2D eigenvalue weighted by atomic mass is 32.2. The van der Waals surface area contributed by atoms with Gasteiger partial charge in [-0.25, -0.2) is 4.31 Å². The Labute approximate surface area is 131 Å². The van der Waals surface area contributed by atoms with Crippen molar-refractivity contribution in [3.8, 4) is 0 Å². The Morgan fingerprint density at radius 2 is 1.29 bits per heavy atom. The molecule has 1 saturated heterocycles. The van der Waals surface area contributed by atoms with Crippen molar-refractivity contribution in [3.05, 3.63) is 71.8 Å². The summed E-state index contributed by atoms with van der Waals surface area (Å²) in [5, 5.41) is 0. The minimum absolute atomic E-state index is 0.378. The van der Waals surface area contributed by atoms with Crippen LogP contribution in [0, 0.1) is 0 Å². The highest BCUT2D eigenvalue weighted by Crippen LogP contribution is 2.48. The normalized spacial score (nSPS) is 27.1. The standard InChI is InChI=1S/C18H22N2S/c1-14-19(2)17(15-10-6-4-7-11-15)18(20(14)21-3)16-12-8-5-9-13-16/h4-14,17-18H,1-3H3. The van der Waals surface area contributed by atoms with E-state index in [9.17, 15) is 0 Å². The average molecular weight is 298 g/mol. The Morgan fingerprint density at radius 1 is 0.810 bits per heavy atom. The number of rotatable bonds is 3. The van der Waals surface area contributed by atoms with Crippen molar-refractivity contribution < 1.29 is 0 Å². The quantitative estimate of drug-likeness (QED) is 0.778.